The number of hydrogen-bond donors (Lipinski definition) is 2. The molecule has 0 saturated heterocycles. The summed E-state index contributed by atoms with van der Waals surface area (Å²) in [4.78, 5) is 15.0. The van der Waals surface area contributed by atoms with Gasteiger partial charge in [0.15, 0.2) is 0 Å². The first kappa shape index (κ1) is 24.2. The maximum absolute atomic E-state index is 13.0. The molecule has 4 heteroatoms. The van der Waals surface area contributed by atoms with Gasteiger partial charge >= 0.3 is 0 Å². The Morgan fingerprint density at radius 1 is 0.833 bits per heavy atom. The molecular formula is C32H35NO3. The van der Waals surface area contributed by atoms with Crippen LogP contribution in [0.4, 0.5) is 0 Å². The van der Waals surface area contributed by atoms with Crippen LogP contribution in [0.5, 0.6) is 11.5 Å². The summed E-state index contributed by atoms with van der Waals surface area (Å²) in [6.45, 7) is 2.89. The SMILES string of the molecule is CC1c2ccccc2C(=O)N1CCCCC(=C(c1ccc(O)cc1)c1ccc(O)cc1)C1CCCC1. The predicted octanol–water partition coefficient (Wildman–Crippen LogP) is 7.48. The van der Waals surface area contributed by atoms with Gasteiger partial charge in [-0.25, -0.2) is 0 Å². The maximum atomic E-state index is 13.0. The molecule has 1 saturated carbocycles. The second-order valence-corrected chi connectivity index (χ2v) is 10.2. The lowest BCUT2D eigenvalue weighted by atomic mass is 9.83. The second-order valence-electron chi connectivity index (χ2n) is 10.2. The van der Waals surface area contributed by atoms with E-state index in [2.05, 4.69) is 13.0 Å². The Morgan fingerprint density at radius 3 is 2.00 bits per heavy atom. The Balaban J connectivity index is 1.39. The Labute approximate surface area is 213 Å². The molecule has 0 radical (unpaired) electrons. The summed E-state index contributed by atoms with van der Waals surface area (Å²) in [6.07, 6.45) is 7.86. The third-order valence-electron chi connectivity index (χ3n) is 7.95. The van der Waals surface area contributed by atoms with Gasteiger partial charge in [-0.05, 0) is 97.5 Å². The normalized spacial score (nSPS) is 17.4. The van der Waals surface area contributed by atoms with E-state index in [1.807, 2.05) is 47.4 Å². The number of nitrogens with zero attached hydrogens (tertiary/aromatic N) is 1. The minimum absolute atomic E-state index is 0.128. The van der Waals surface area contributed by atoms with Crippen LogP contribution in [-0.2, 0) is 0 Å². The summed E-state index contributed by atoms with van der Waals surface area (Å²) in [5.74, 6) is 1.21. The third kappa shape index (κ3) is 4.90. The molecule has 0 bridgehead atoms. The number of unbranched alkanes of at least 4 members (excludes halogenated alkanes) is 1. The first-order chi connectivity index (χ1) is 17.5. The molecule has 1 aliphatic carbocycles. The van der Waals surface area contributed by atoms with Crippen LogP contribution in [-0.4, -0.2) is 27.6 Å². The van der Waals surface area contributed by atoms with Crippen molar-refractivity contribution in [2.45, 2.75) is 57.9 Å². The zero-order valence-electron chi connectivity index (χ0n) is 21.0. The van der Waals surface area contributed by atoms with E-state index in [0.717, 1.165) is 48.1 Å². The standard InChI is InChI=1S/C32H35NO3/c1-22-28-10-4-5-12-30(28)32(36)33(22)21-7-6-11-29(23-8-2-3-9-23)31(24-13-17-26(34)18-14-24)25-15-19-27(35)20-16-25/h4-5,10,12-20,22-23,34-35H,2-3,6-9,11,21H2,1H3. The van der Waals surface area contributed by atoms with Crippen LogP contribution >= 0.6 is 0 Å². The smallest absolute Gasteiger partial charge is 0.254 e. The fourth-order valence-corrected chi connectivity index (χ4v) is 6.05. The van der Waals surface area contributed by atoms with Crippen molar-refractivity contribution in [1.82, 2.24) is 4.90 Å². The Hall–Kier alpha value is -3.53. The van der Waals surface area contributed by atoms with Gasteiger partial charge in [-0.3, -0.25) is 4.79 Å². The number of benzene rings is 3. The van der Waals surface area contributed by atoms with Crippen molar-refractivity contribution in [2.24, 2.45) is 5.92 Å². The van der Waals surface area contributed by atoms with Crippen LogP contribution in [0.2, 0.25) is 0 Å². The molecule has 2 aliphatic rings. The highest BCUT2D eigenvalue weighted by atomic mass is 16.3. The predicted molar refractivity (Wildman–Crippen MR) is 144 cm³/mol. The van der Waals surface area contributed by atoms with E-state index >= 15 is 0 Å². The summed E-state index contributed by atoms with van der Waals surface area (Å²) in [5.41, 5.74) is 6.86. The average Bonchev–Trinajstić information content (AvgIpc) is 3.51. The number of allylic oxidation sites excluding steroid dienone is 1. The number of amides is 1. The molecule has 3 aromatic carbocycles. The molecule has 4 nitrogen and oxygen atoms in total. The van der Waals surface area contributed by atoms with Crippen molar-refractivity contribution in [3.05, 3.63) is 101 Å². The molecule has 5 rings (SSSR count). The van der Waals surface area contributed by atoms with Crippen molar-refractivity contribution < 1.29 is 15.0 Å². The first-order valence-electron chi connectivity index (χ1n) is 13.2. The lowest BCUT2D eigenvalue weighted by Gasteiger charge is -2.24. The quantitative estimate of drug-likeness (QED) is 0.328. The van der Waals surface area contributed by atoms with Gasteiger partial charge in [-0.2, -0.15) is 0 Å². The molecule has 1 fully saturated rings. The molecule has 1 heterocycles. The highest BCUT2D eigenvalue weighted by Gasteiger charge is 2.33. The topological polar surface area (TPSA) is 60.8 Å². The Bertz CT molecular complexity index is 1190. The number of phenols is 2. The van der Waals surface area contributed by atoms with Gasteiger partial charge in [0.2, 0.25) is 0 Å². The van der Waals surface area contributed by atoms with E-state index in [1.54, 1.807) is 24.3 Å². The molecule has 0 spiro atoms. The van der Waals surface area contributed by atoms with E-state index in [9.17, 15) is 15.0 Å². The van der Waals surface area contributed by atoms with E-state index < -0.39 is 0 Å². The number of fused-ring (bicyclic) bond motifs is 1. The molecule has 2 N–H and O–H groups in total. The van der Waals surface area contributed by atoms with Crippen molar-refractivity contribution >= 4 is 11.5 Å². The van der Waals surface area contributed by atoms with E-state index in [0.29, 0.717) is 5.92 Å². The number of carbonyl (C=O) groups excluding carboxylic acids is 1. The third-order valence-corrected chi connectivity index (χ3v) is 7.95. The van der Waals surface area contributed by atoms with Gasteiger partial charge in [0.25, 0.3) is 5.91 Å². The lowest BCUT2D eigenvalue weighted by molar-refractivity contribution is 0.0734. The fraction of sp³-hybridized carbons (Fsp3) is 0.344. The summed E-state index contributed by atoms with van der Waals surface area (Å²) in [6, 6.07) is 23.1. The van der Waals surface area contributed by atoms with Crippen LogP contribution in [0.15, 0.2) is 78.4 Å². The summed E-state index contributed by atoms with van der Waals surface area (Å²) in [5, 5.41) is 19.8. The molecule has 1 atom stereocenters. The summed E-state index contributed by atoms with van der Waals surface area (Å²) < 4.78 is 0. The van der Waals surface area contributed by atoms with Crippen LogP contribution in [0, 0.1) is 5.92 Å². The van der Waals surface area contributed by atoms with Gasteiger partial charge in [0.05, 0.1) is 6.04 Å². The van der Waals surface area contributed by atoms with Gasteiger partial charge in [-0.15, -0.1) is 0 Å². The molecule has 3 aromatic rings. The van der Waals surface area contributed by atoms with Gasteiger partial charge in [0, 0.05) is 12.1 Å². The molecular weight excluding hydrogens is 446 g/mol. The monoisotopic (exact) mass is 481 g/mol. The molecule has 1 amide bonds. The summed E-state index contributed by atoms with van der Waals surface area (Å²) >= 11 is 0. The largest absolute Gasteiger partial charge is 0.508 e. The number of aromatic hydroxyl groups is 2. The zero-order valence-corrected chi connectivity index (χ0v) is 21.0. The van der Waals surface area contributed by atoms with Gasteiger partial charge in [0.1, 0.15) is 11.5 Å². The molecule has 1 aliphatic heterocycles. The number of hydrogen-bond acceptors (Lipinski definition) is 3. The molecule has 186 valence electrons. The molecule has 1 unspecified atom stereocenters. The van der Waals surface area contributed by atoms with Crippen molar-refractivity contribution in [3.63, 3.8) is 0 Å². The second kappa shape index (κ2) is 10.6. The van der Waals surface area contributed by atoms with Gasteiger partial charge < -0.3 is 15.1 Å². The van der Waals surface area contributed by atoms with Crippen molar-refractivity contribution in [3.8, 4) is 11.5 Å². The Morgan fingerprint density at radius 2 is 1.42 bits per heavy atom. The Kier molecular flexibility index (Phi) is 7.13. The fourth-order valence-electron chi connectivity index (χ4n) is 6.05. The molecule has 0 aromatic heterocycles. The maximum Gasteiger partial charge on any atom is 0.254 e. The van der Waals surface area contributed by atoms with Crippen LogP contribution in [0.3, 0.4) is 0 Å². The van der Waals surface area contributed by atoms with Crippen LogP contribution in [0.25, 0.3) is 5.57 Å². The van der Waals surface area contributed by atoms with Crippen molar-refractivity contribution in [1.29, 1.82) is 0 Å². The van der Waals surface area contributed by atoms with Crippen LogP contribution < -0.4 is 0 Å². The number of phenolic OH excluding ortho intramolecular Hbond substituents is 2. The highest BCUT2D eigenvalue weighted by molar-refractivity contribution is 5.99. The minimum Gasteiger partial charge on any atom is -0.508 e. The van der Waals surface area contributed by atoms with Crippen LogP contribution in [0.1, 0.15) is 85.0 Å². The number of carbonyl (C=O) groups is 1. The van der Waals surface area contributed by atoms with Gasteiger partial charge in [-0.1, -0.05) is 60.9 Å². The average molecular weight is 482 g/mol. The van der Waals surface area contributed by atoms with E-state index in [-0.39, 0.29) is 23.4 Å². The van der Waals surface area contributed by atoms with E-state index in [1.165, 1.54) is 36.8 Å². The lowest BCUT2D eigenvalue weighted by Crippen LogP contribution is -2.27. The number of rotatable bonds is 8. The highest BCUT2D eigenvalue weighted by Crippen LogP contribution is 2.41. The minimum atomic E-state index is 0.128. The zero-order chi connectivity index (χ0) is 25.1. The van der Waals surface area contributed by atoms with E-state index in [4.69, 9.17) is 0 Å². The molecule has 36 heavy (non-hydrogen) atoms. The first-order valence-corrected chi connectivity index (χ1v) is 13.2. The summed E-state index contributed by atoms with van der Waals surface area (Å²) in [7, 11) is 0. The van der Waals surface area contributed by atoms with Crippen molar-refractivity contribution in [2.75, 3.05) is 6.54 Å².